The lowest BCUT2D eigenvalue weighted by Gasteiger charge is -2.21. The topological polar surface area (TPSA) is 57.5 Å². The molecule has 0 spiro atoms. The molecule has 3 unspecified atom stereocenters. The summed E-state index contributed by atoms with van der Waals surface area (Å²) in [5.74, 6) is -0.729. The van der Waals surface area contributed by atoms with Gasteiger partial charge in [-0.1, -0.05) is 30.3 Å². The second kappa shape index (κ2) is 4.66. The molecule has 3 heteroatoms. The zero-order chi connectivity index (χ0) is 11.5. The molecular weight excluding hydrogens is 204 g/mol. The summed E-state index contributed by atoms with van der Waals surface area (Å²) in [5, 5.41) is 18.8. The summed E-state index contributed by atoms with van der Waals surface area (Å²) >= 11 is 0. The lowest BCUT2D eigenvalue weighted by molar-refractivity contribution is -0.138. The third-order valence-corrected chi connectivity index (χ3v) is 3.38. The van der Waals surface area contributed by atoms with E-state index in [1.165, 1.54) is 0 Å². The Morgan fingerprint density at radius 2 is 1.94 bits per heavy atom. The molecule has 0 saturated heterocycles. The van der Waals surface area contributed by atoms with Gasteiger partial charge in [0.1, 0.15) is 0 Å². The third kappa shape index (κ3) is 2.25. The van der Waals surface area contributed by atoms with Gasteiger partial charge < -0.3 is 10.2 Å². The van der Waals surface area contributed by atoms with Gasteiger partial charge >= 0.3 is 5.97 Å². The van der Waals surface area contributed by atoms with Crippen LogP contribution in [0.3, 0.4) is 0 Å². The van der Waals surface area contributed by atoms with E-state index in [0.29, 0.717) is 6.42 Å². The molecule has 0 amide bonds. The number of carbonyl (C=O) groups is 1. The van der Waals surface area contributed by atoms with Crippen LogP contribution in [0.4, 0.5) is 0 Å². The summed E-state index contributed by atoms with van der Waals surface area (Å²) < 4.78 is 0. The van der Waals surface area contributed by atoms with Crippen molar-refractivity contribution in [1.82, 2.24) is 0 Å². The SMILES string of the molecule is O=C(O)CC1CCC(O)C1c1ccccc1. The van der Waals surface area contributed by atoms with Gasteiger partial charge in [0.2, 0.25) is 0 Å². The third-order valence-electron chi connectivity index (χ3n) is 3.38. The number of aliphatic hydroxyl groups is 1. The Labute approximate surface area is 94.7 Å². The molecule has 16 heavy (non-hydrogen) atoms. The van der Waals surface area contributed by atoms with Crippen molar-refractivity contribution in [3.8, 4) is 0 Å². The highest BCUT2D eigenvalue weighted by Gasteiger charge is 2.36. The van der Waals surface area contributed by atoms with E-state index in [2.05, 4.69) is 0 Å². The maximum Gasteiger partial charge on any atom is 0.303 e. The molecule has 3 nitrogen and oxygen atoms in total. The maximum absolute atomic E-state index is 10.8. The van der Waals surface area contributed by atoms with E-state index in [1.807, 2.05) is 30.3 Å². The van der Waals surface area contributed by atoms with Crippen molar-refractivity contribution in [2.75, 3.05) is 0 Å². The summed E-state index contributed by atoms with van der Waals surface area (Å²) in [7, 11) is 0. The van der Waals surface area contributed by atoms with Crippen molar-refractivity contribution in [3.05, 3.63) is 35.9 Å². The lowest BCUT2D eigenvalue weighted by Crippen LogP contribution is -2.19. The Morgan fingerprint density at radius 1 is 1.25 bits per heavy atom. The molecule has 1 aliphatic carbocycles. The van der Waals surface area contributed by atoms with Gasteiger partial charge in [0.15, 0.2) is 0 Å². The van der Waals surface area contributed by atoms with Crippen LogP contribution in [0.5, 0.6) is 0 Å². The van der Waals surface area contributed by atoms with E-state index in [1.54, 1.807) is 0 Å². The molecule has 1 fully saturated rings. The quantitative estimate of drug-likeness (QED) is 0.819. The molecule has 0 bridgehead atoms. The number of aliphatic carboxylic acids is 1. The van der Waals surface area contributed by atoms with Crippen LogP contribution in [-0.2, 0) is 4.79 Å². The van der Waals surface area contributed by atoms with Gasteiger partial charge in [-0.3, -0.25) is 4.79 Å². The van der Waals surface area contributed by atoms with Gasteiger partial charge in [-0.15, -0.1) is 0 Å². The van der Waals surface area contributed by atoms with Gasteiger partial charge in [-0.2, -0.15) is 0 Å². The second-order valence-electron chi connectivity index (χ2n) is 4.44. The van der Waals surface area contributed by atoms with Crippen molar-refractivity contribution in [2.45, 2.75) is 31.3 Å². The average Bonchev–Trinajstić information content (AvgIpc) is 2.60. The van der Waals surface area contributed by atoms with Crippen molar-refractivity contribution >= 4 is 5.97 Å². The Hall–Kier alpha value is -1.35. The standard InChI is InChI=1S/C13H16O3/c14-11-7-6-10(8-12(15)16)13(11)9-4-2-1-3-5-9/h1-5,10-11,13-14H,6-8H2,(H,15,16). The number of rotatable bonds is 3. The van der Waals surface area contributed by atoms with Crippen LogP contribution >= 0.6 is 0 Å². The predicted molar refractivity (Wildman–Crippen MR) is 60.2 cm³/mol. The van der Waals surface area contributed by atoms with Crippen LogP contribution in [-0.4, -0.2) is 22.3 Å². The summed E-state index contributed by atoms with van der Waals surface area (Å²) in [6.45, 7) is 0. The number of carboxylic acids is 1. The number of aliphatic hydroxyl groups excluding tert-OH is 1. The van der Waals surface area contributed by atoms with Gasteiger partial charge in [0.25, 0.3) is 0 Å². The molecule has 3 atom stereocenters. The minimum absolute atomic E-state index is 0.0164. The normalized spacial score (nSPS) is 29.2. The molecule has 1 aromatic carbocycles. The molecule has 2 rings (SSSR count). The fourth-order valence-electron chi connectivity index (χ4n) is 2.68. The predicted octanol–water partition coefficient (Wildman–Crippen LogP) is 2.02. The highest BCUT2D eigenvalue weighted by Crippen LogP contribution is 2.41. The zero-order valence-corrected chi connectivity index (χ0v) is 9.04. The first-order valence-corrected chi connectivity index (χ1v) is 5.63. The van der Waals surface area contributed by atoms with Crippen molar-refractivity contribution in [3.63, 3.8) is 0 Å². The Bertz CT molecular complexity index is 361. The van der Waals surface area contributed by atoms with Crippen molar-refractivity contribution < 1.29 is 15.0 Å². The maximum atomic E-state index is 10.8. The largest absolute Gasteiger partial charge is 0.481 e. The summed E-state index contributed by atoms with van der Waals surface area (Å²) in [5.41, 5.74) is 1.05. The fraction of sp³-hybridized carbons (Fsp3) is 0.462. The average molecular weight is 220 g/mol. The molecule has 0 heterocycles. The van der Waals surface area contributed by atoms with Crippen LogP contribution in [0, 0.1) is 5.92 Å². The van der Waals surface area contributed by atoms with E-state index >= 15 is 0 Å². The molecule has 0 aliphatic heterocycles. The zero-order valence-electron chi connectivity index (χ0n) is 9.04. The van der Waals surface area contributed by atoms with Crippen LogP contribution < -0.4 is 0 Å². The molecule has 86 valence electrons. The first-order chi connectivity index (χ1) is 7.68. The van der Waals surface area contributed by atoms with E-state index in [0.717, 1.165) is 12.0 Å². The van der Waals surface area contributed by atoms with Crippen molar-refractivity contribution in [2.24, 2.45) is 5.92 Å². The van der Waals surface area contributed by atoms with E-state index in [-0.39, 0.29) is 18.3 Å². The summed E-state index contributed by atoms with van der Waals surface area (Å²) in [4.78, 5) is 10.8. The number of benzene rings is 1. The summed E-state index contributed by atoms with van der Waals surface area (Å²) in [6.07, 6.45) is 1.26. The summed E-state index contributed by atoms with van der Waals surface area (Å²) in [6, 6.07) is 9.72. The Balaban J connectivity index is 2.19. The van der Waals surface area contributed by atoms with E-state index in [4.69, 9.17) is 5.11 Å². The molecule has 1 saturated carbocycles. The number of carboxylic acid groups (broad SMARTS) is 1. The van der Waals surface area contributed by atoms with Gasteiger partial charge in [0, 0.05) is 12.3 Å². The van der Waals surface area contributed by atoms with E-state index < -0.39 is 12.1 Å². The van der Waals surface area contributed by atoms with Crippen LogP contribution in [0.15, 0.2) is 30.3 Å². The van der Waals surface area contributed by atoms with Gasteiger partial charge in [-0.05, 0) is 24.3 Å². The first-order valence-electron chi connectivity index (χ1n) is 5.63. The molecule has 1 aliphatic rings. The highest BCUT2D eigenvalue weighted by atomic mass is 16.4. The molecule has 2 N–H and O–H groups in total. The minimum Gasteiger partial charge on any atom is -0.481 e. The second-order valence-corrected chi connectivity index (χ2v) is 4.44. The molecule has 1 aromatic rings. The molecular formula is C13H16O3. The molecule has 0 radical (unpaired) electrons. The highest BCUT2D eigenvalue weighted by molar-refractivity contribution is 5.67. The monoisotopic (exact) mass is 220 g/mol. The van der Waals surface area contributed by atoms with Gasteiger partial charge in [0.05, 0.1) is 6.10 Å². The van der Waals surface area contributed by atoms with E-state index in [9.17, 15) is 9.90 Å². The number of hydrogen-bond acceptors (Lipinski definition) is 2. The lowest BCUT2D eigenvalue weighted by atomic mass is 9.86. The van der Waals surface area contributed by atoms with Crippen LogP contribution in [0.2, 0.25) is 0 Å². The minimum atomic E-state index is -0.778. The Morgan fingerprint density at radius 3 is 2.56 bits per heavy atom. The van der Waals surface area contributed by atoms with Crippen LogP contribution in [0.25, 0.3) is 0 Å². The molecule has 0 aromatic heterocycles. The fourth-order valence-corrected chi connectivity index (χ4v) is 2.68. The van der Waals surface area contributed by atoms with Gasteiger partial charge in [-0.25, -0.2) is 0 Å². The number of hydrogen-bond donors (Lipinski definition) is 2. The Kier molecular flexibility index (Phi) is 3.25. The smallest absolute Gasteiger partial charge is 0.303 e. The van der Waals surface area contributed by atoms with Crippen molar-refractivity contribution in [1.29, 1.82) is 0 Å². The first kappa shape index (κ1) is 11.1. The van der Waals surface area contributed by atoms with Crippen LogP contribution in [0.1, 0.15) is 30.7 Å².